The van der Waals surface area contributed by atoms with Crippen LogP contribution in [0, 0.1) is 11.2 Å². The molecule has 1 spiro atoms. The van der Waals surface area contributed by atoms with Crippen LogP contribution < -0.4 is 10.1 Å². The highest BCUT2D eigenvalue weighted by molar-refractivity contribution is 5.95. The van der Waals surface area contributed by atoms with Gasteiger partial charge >= 0.3 is 0 Å². The van der Waals surface area contributed by atoms with Gasteiger partial charge in [0, 0.05) is 42.7 Å². The number of hydrogen-bond acceptors (Lipinski definition) is 4. The van der Waals surface area contributed by atoms with Crippen LogP contribution in [0.1, 0.15) is 40.0 Å². The van der Waals surface area contributed by atoms with Crippen LogP contribution in [0.15, 0.2) is 42.7 Å². The summed E-state index contributed by atoms with van der Waals surface area (Å²) in [5.41, 5.74) is 1.00. The lowest BCUT2D eigenvalue weighted by Crippen LogP contribution is -2.41. The molecule has 1 N–H and O–H groups in total. The van der Waals surface area contributed by atoms with Gasteiger partial charge in [-0.15, -0.1) is 0 Å². The number of rotatable bonds is 4. The van der Waals surface area contributed by atoms with E-state index >= 15 is 0 Å². The van der Waals surface area contributed by atoms with Crippen molar-refractivity contribution in [2.45, 2.75) is 25.3 Å². The second-order valence-corrected chi connectivity index (χ2v) is 7.47. The first kappa shape index (κ1) is 18.4. The van der Waals surface area contributed by atoms with Crippen molar-refractivity contribution in [1.29, 1.82) is 0 Å². The number of piperidine rings is 1. The number of aromatic nitrogens is 1. The van der Waals surface area contributed by atoms with E-state index in [2.05, 4.69) is 10.3 Å². The molecule has 1 saturated carbocycles. The molecule has 146 valence electrons. The van der Waals surface area contributed by atoms with Crippen LogP contribution in [0.5, 0.6) is 5.75 Å². The molecule has 0 bridgehead atoms. The van der Waals surface area contributed by atoms with E-state index in [0.717, 1.165) is 19.3 Å². The highest BCUT2D eigenvalue weighted by Gasteiger charge is 2.56. The van der Waals surface area contributed by atoms with Crippen molar-refractivity contribution in [3.05, 3.63) is 59.7 Å². The topological polar surface area (TPSA) is 71.5 Å². The molecule has 2 amide bonds. The standard InChI is InChI=1S/C21H22FN3O3/c1-28-17-3-2-15(12-16(17)22)20(27)25-10-6-21(7-11-25)13-18(21)24-19(26)14-4-8-23-9-5-14/h2-5,8-9,12,18H,6-7,10-11,13H2,1H3,(H,24,26). The number of halogens is 1. The Labute approximate surface area is 162 Å². The van der Waals surface area contributed by atoms with E-state index in [4.69, 9.17) is 4.74 Å². The minimum absolute atomic E-state index is 0.0740. The zero-order chi connectivity index (χ0) is 19.7. The van der Waals surface area contributed by atoms with Crippen molar-refractivity contribution >= 4 is 11.8 Å². The second kappa shape index (κ2) is 7.22. The van der Waals surface area contributed by atoms with Crippen molar-refractivity contribution in [3.8, 4) is 5.75 Å². The van der Waals surface area contributed by atoms with E-state index in [1.807, 2.05) is 0 Å². The van der Waals surface area contributed by atoms with Crippen molar-refractivity contribution < 1.29 is 18.7 Å². The maximum atomic E-state index is 13.9. The summed E-state index contributed by atoms with van der Waals surface area (Å²) < 4.78 is 18.8. The third-order valence-electron chi connectivity index (χ3n) is 5.88. The smallest absolute Gasteiger partial charge is 0.253 e. The van der Waals surface area contributed by atoms with E-state index in [9.17, 15) is 14.0 Å². The maximum Gasteiger partial charge on any atom is 0.253 e. The summed E-state index contributed by atoms with van der Waals surface area (Å²) in [5, 5.41) is 3.09. The third-order valence-corrected chi connectivity index (χ3v) is 5.88. The number of nitrogens with zero attached hydrogens (tertiary/aromatic N) is 2. The third kappa shape index (κ3) is 3.44. The maximum absolute atomic E-state index is 13.9. The lowest BCUT2D eigenvalue weighted by molar-refractivity contribution is 0.0667. The Morgan fingerprint density at radius 3 is 2.54 bits per heavy atom. The van der Waals surface area contributed by atoms with E-state index in [1.165, 1.54) is 19.2 Å². The molecule has 1 aromatic carbocycles. The van der Waals surface area contributed by atoms with E-state index in [1.54, 1.807) is 35.5 Å². The molecule has 0 radical (unpaired) electrons. The minimum atomic E-state index is -0.539. The molecule has 4 rings (SSSR count). The molecule has 1 aliphatic carbocycles. The number of likely N-dealkylation sites (tertiary alicyclic amines) is 1. The molecular weight excluding hydrogens is 361 g/mol. The molecule has 1 aromatic heterocycles. The van der Waals surface area contributed by atoms with Crippen LogP contribution in [0.4, 0.5) is 4.39 Å². The van der Waals surface area contributed by atoms with Gasteiger partial charge in [-0.3, -0.25) is 14.6 Å². The first-order valence-electron chi connectivity index (χ1n) is 9.36. The van der Waals surface area contributed by atoms with Gasteiger partial charge in [-0.1, -0.05) is 0 Å². The summed E-state index contributed by atoms with van der Waals surface area (Å²) in [6.07, 6.45) is 5.80. The quantitative estimate of drug-likeness (QED) is 0.881. The number of carbonyl (C=O) groups is 2. The summed E-state index contributed by atoms with van der Waals surface area (Å²) in [6, 6.07) is 7.81. The fourth-order valence-electron chi connectivity index (χ4n) is 3.99. The minimum Gasteiger partial charge on any atom is -0.494 e. The summed E-state index contributed by atoms with van der Waals surface area (Å²) >= 11 is 0. The van der Waals surface area contributed by atoms with Crippen LogP contribution in [0.25, 0.3) is 0 Å². The summed E-state index contributed by atoms with van der Waals surface area (Å²) in [6.45, 7) is 1.21. The molecule has 28 heavy (non-hydrogen) atoms. The molecule has 1 aliphatic heterocycles. The van der Waals surface area contributed by atoms with Crippen LogP contribution in [0.3, 0.4) is 0 Å². The monoisotopic (exact) mass is 383 g/mol. The van der Waals surface area contributed by atoms with Crippen molar-refractivity contribution in [1.82, 2.24) is 15.2 Å². The molecule has 6 nitrogen and oxygen atoms in total. The number of carbonyl (C=O) groups excluding carboxylic acids is 2. The van der Waals surface area contributed by atoms with Crippen molar-refractivity contribution in [2.75, 3.05) is 20.2 Å². The number of pyridine rings is 1. The molecule has 2 aromatic rings. The lowest BCUT2D eigenvalue weighted by Gasteiger charge is -2.33. The molecule has 2 heterocycles. The molecule has 1 unspecified atom stereocenters. The molecule has 7 heteroatoms. The van der Waals surface area contributed by atoms with Crippen LogP contribution in [-0.4, -0.2) is 47.9 Å². The summed E-state index contributed by atoms with van der Waals surface area (Å²) in [7, 11) is 1.39. The zero-order valence-corrected chi connectivity index (χ0v) is 15.7. The Morgan fingerprint density at radius 1 is 1.18 bits per heavy atom. The highest BCUT2D eigenvalue weighted by Crippen LogP contribution is 2.54. The Balaban J connectivity index is 1.33. The zero-order valence-electron chi connectivity index (χ0n) is 15.7. The molecule has 2 fully saturated rings. The summed E-state index contributed by atoms with van der Waals surface area (Å²) in [4.78, 5) is 30.7. The number of nitrogens with one attached hydrogen (secondary N) is 1. The largest absolute Gasteiger partial charge is 0.494 e. The average molecular weight is 383 g/mol. The van der Waals surface area contributed by atoms with Gasteiger partial charge in [0.2, 0.25) is 0 Å². The number of ether oxygens (including phenoxy) is 1. The van der Waals surface area contributed by atoms with E-state index < -0.39 is 5.82 Å². The second-order valence-electron chi connectivity index (χ2n) is 7.47. The molecule has 2 aliphatic rings. The van der Waals surface area contributed by atoms with Crippen LogP contribution in [-0.2, 0) is 0 Å². The highest BCUT2D eigenvalue weighted by atomic mass is 19.1. The molecular formula is C21H22FN3O3. The van der Waals surface area contributed by atoms with E-state index in [-0.39, 0.29) is 29.0 Å². The normalized spacial score (nSPS) is 19.9. The number of amides is 2. The van der Waals surface area contributed by atoms with Crippen molar-refractivity contribution in [2.24, 2.45) is 5.41 Å². The predicted octanol–water partition coefficient (Wildman–Crippen LogP) is 2.65. The predicted molar refractivity (Wildman–Crippen MR) is 101 cm³/mol. The first-order valence-corrected chi connectivity index (χ1v) is 9.36. The Bertz CT molecular complexity index is 895. The van der Waals surface area contributed by atoms with Gasteiger partial charge in [-0.25, -0.2) is 4.39 Å². The van der Waals surface area contributed by atoms with Gasteiger partial charge in [0.15, 0.2) is 11.6 Å². The molecule has 1 saturated heterocycles. The van der Waals surface area contributed by atoms with Crippen LogP contribution in [0.2, 0.25) is 0 Å². The number of hydrogen-bond donors (Lipinski definition) is 1. The fourth-order valence-corrected chi connectivity index (χ4v) is 3.99. The van der Waals surface area contributed by atoms with E-state index in [0.29, 0.717) is 24.2 Å². The lowest BCUT2D eigenvalue weighted by atomic mass is 9.92. The van der Waals surface area contributed by atoms with Crippen molar-refractivity contribution in [3.63, 3.8) is 0 Å². The SMILES string of the molecule is COc1ccc(C(=O)N2CCC3(CC2)CC3NC(=O)c2ccncc2)cc1F. The Hall–Kier alpha value is -2.96. The Kier molecular flexibility index (Phi) is 4.75. The first-order chi connectivity index (χ1) is 13.5. The number of methoxy groups -OCH3 is 1. The van der Waals surface area contributed by atoms with Crippen LogP contribution >= 0.6 is 0 Å². The van der Waals surface area contributed by atoms with Gasteiger partial charge in [0.25, 0.3) is 11.8 Å². The fraction of sp³-hybridized carbons (Fsp3) is 0.381. The number of benzene rings is 1. The average Bonchev–Trinajstić information content (AvgIpc) is 3.39. The van der Waals surface area contributed by atoms with Gasteiger partial charge in [0.05, 0.1) is 7.11 Å². The van der Waals surface area contributed by atoms with Gasteiger partial charge in [-0.2, -0.15) is 0 Å². The summed E-state index contributed by atoms with van der Waals surface area (Å²) in [5.74, 6) is -0.672. The van der Waals surface area contributed by atoms with Gasteiger partial charge < -0.3 is 15.0 Å². The van der Waals surface area contributed by atoms with Gasteiger partial charge in [-0.05, 0) is 55.0 Å². The van der Waals surface area contributed by atoms with Gasteiger partial charge in [0.1, 0.15) is 0 Å². The molecule has 1 atom stereocenters. The Morgan fingerprint density at radius 2 is 1.89 bits per heavy atom.